The first-order chi connectivity index (χ1) is 14.9. The lowest BCUT2D eigenvalue weighted by atomic mass is 9.99. The number of primary amides is 1. The van der Waals surface area contributed by atoms with E-state index < -0.39 is 72.6 Å². The summed E-state index contributed by atoms with van der Waals surface area (Å²) in [6.45, 7) is 3.63. The number of rotatable bonds is 12. The number of aliphatic carboxylic acids is 2. The van der Waals surface area contributed by atoms with E-state index in [2.05, 4.69) is 10.6 Å². The molecule has 0 aromatic rings. The summed E-state index contributed by atoms with van der Waals surface area (Å²) in [6, 6.07) is -5.20. The molecule has 5 atom stereocenters. The van der Waals surface area contributed by atoms with Gasteiger partial charge in [-0.2, -0.15) is 0 Å². The molecule has 8 N–H and O–H groups in total. The first-order valence-electron chi connectivity index (χ1n) is 10.3. The van der Waals surface area contributed by atoms with E-state index in [4.69, 9.17) is 16.6 Å². The lowest BCUT2D eigenvalue weighted by molar-refractivity contribution is -0.150. The van der Waals surface area contributed by atoms with Gasteiger partial charge >= 0.3 is 11.9 Å². The Morgan fingerprint density at radius 3 is 2.12 bits per heavy atom. The van der Waals surface area contributed by atoms with E-state index in [0.29, 0.717) is 12.8 Å². The van der Waals surface area contributed by atoms with Crippen LogP contribution in [0.1, 0.15) is 46.0 Å². The van der Waals surface area contributed by atoms with Gasteiger partial charge in [-0.3, -0.25) is 24.0 Å². The SMILES string of the molecule is CCC(C)C(N)C(=O)NC(CC(=O)O)C(=O)NC(CC(N)=O)C(=O)N1CCCC1C(=O)O. The van der Waals surface area contributed by atoms with Crippen LogP contribution in [0.5, 0.6) is 0 Å². The summed E-state index contributed by atoms with van der Waals surface area (Å²) in [4.78, 5) is 73.0. The van der Waals surface area contributed by atoms with E-state index in [1.807, 2.05) is 6.92 Å². The van der Waals surface area contributed by atoms with Crippen LogP contribution in [-0.4, -0.2) is 81.4 Å². The summed E-state index contributed by atoms with van der Waals surface area (Å²) < 4.78 is 0. The molecule has 4 amide bonds. The number of hydrogen-bond acceptors (Lipinski definition) is 7. The lowest BCUT2D eigenvalue weighted by Crippen LogP contribution is -2.58. The maximum atomic E-state index is 12.9. The maximum absolute atomic E-state index is 12.9. The molecule has 0 bridgehead atoms. The monoisotopic (exact) mass is 457 g/mol. The molecule has 1 rings (SSSR count). The zero-order valence-corrected chi connectivity index (χ0v) is 18.1. The Labute approximate surface area is 184 Å². The van der Waals surface area contributed by atoms with Crippen LogP contribution in [0, 0.1) is 5.92 Å². The van der Waals surface area contributed by atoms with Gasteiger partial charge in [0.05, 0.1) is 18.9 Å². The minimum absolute atomic E-state index is 0.111. The normalized spacial score (nSPS) is 19.3. The van der Waals surface area contributed by atoms with Crippen LogP contribution in [0.2, 0.25) is 0 Å². The van der Waals surface area contributed by atoms with Gasteiger partial charge in [0.25, 0.3) is 0 Å². The number of nitrogens with two attached hydrogens (primary N) is 2. The van der Waals surface area contributed by atoms with Crippen molar-refractivity contribution in [2.24, 2.45) is 17.4 Å². The Balaban J connectivity index is 3.03. The van der Waals surface area contributed by atoms with Gasteiger partial charge in [0, 0.05) is 6.54 Å². The fourth-order valence-electron chi connectivity index (χ4n) is 3.33. The summed E-state index contributed by atoms with van der Waals surface area (Å²) in [6.07, 6.45) is -0.230. The maximum Gasteiger partial charge on any atom is 0.326 e. The molecule has 1 saturated heterocycles. The predicted molar refractivity (Wildman–Crippen MR) is 110 cm³/mol. The fourth-order valence-corrected chi connectivity index (χ4v) is 3.33. The van der Waals surface area contributed by atoms with Gasteiger partial charge in [-0.05, 0) is 18.8 Å². The van der Waals surface area contributed by atoms with Crippen molar-refractivity contribution in [1.29, 1.82) is 0 Å². The van der Waals surface area contributed by atoms with Crippen LogP contribution >= 0.6 is 0 Å². The van der Waals surface area contributed by atoms with Crippen molar-refractivity contribution < 1.29 is 39.0 Å². The summed E-state index contributed by atoms with van der Waals surface area (Å²) in [5.74, 6) is -6.42. The number of carbonyl (C=O) groups is 6. The first-order valence-corrected chi connectivity index (χ1v) is 10.3. The van der Waals surface area contributed by atoms with Gasteiger partial charge in [-0.15, -0.1) is 0 Å². The van der Waals surface area contributed by atoms with Gasteiger partial charge in [0.2, 0.25) is 23.6 Å². The van der Waals surface area contributed by atoms with Crippen molar-refractivity contribution >= 4 is 35.6 Å². The number of likely N-dealkylation sites (tertiary alicyclic amines) is 1. The number of carboxylic acids is 2. The second kappa shape index (κ2) is 12.0. The first kappa shape index (κ1) is 26.8. The summed E-state index contributed by atoms with van der Waals surface area (Å²) in [5, 5.41) is 22.9. The largest absolute Gasteiger partial charge is 0.481 e. The summed E-state index contributed by atoms with van der Waals surface area (Å²) >= 11 is 0. The van der Waals surface area contributed by atoms with E-state index in [0.717, 1.165) is 4.90 Å². The second-order valence-corrected chi connectivity index (χ2v) is 7.83. The molecular weight excluding hydrogens is 426 g/mol. The molecule has 0 saturated carbocycles. The topological polar surface area (TPSA) is 222 Å². The smallest absolute Gasteiger partial charge is 0.326 e. The molecule has 0 aromatic heterocycles. The van der Waals surface area contributed by atoms with E-state index in [9.17, 15) is 33.9 Å². The molecule has 0 radical (unpaired) electrons. The number of carbonyl (C=O) groups excluding carboxylic acids is 4. The molecule has 1 heterocycles. The highest BCUT2D eigenvalue weighted by atomic mass is 16.4. The highest BCUT2D eigenvalue weighted by molar-refractivity contribution is 5.97. The number of amides is 4. The van der Waals surface area contributed by atoms with Crippen molar-refractivity contribution in [3.05, 3.63) is 0 Å². The van der Waals surface area contributed by atoms with Crippen molar-refractivity contribution in [1.82, 2.24) is 15.5 Å². The van der Waals surface area contributed by atoms with Gasteiger partial charge in [0.1, 0.15) is 18.1 Å². The number of hydrogen-bond donors (Lipinski definition) is 6. The predicted octanol–water partition coefficient (Wildman–Crippen LogP) is -2.24. The van der Waals surface area contributed by atoms with Crippen LogP contribution < -0.4 is 22.1 Å². The number of nitrogens with one attached hydrogen (secondary N) is 2. The lowest BCUT2D eigenvalue weighted by Gasteiger charge is -2.28. The van der Waals surface area contributed by atoms with Crippen LogP contribution in [0.3, 0.4) is 0 Å². The Hall–Kier alpha value is -3.22. The molecule has 13 heteroatoms. The molecule has 0 aliphatic carbocycles. The second-order valence-electron chi connectivity index (χ2n) is 7.83. The molecular formula is C19H31N5O8. The molecule has 180 valence electrons. The highest BCUT2D eigenvalue weighted by Crippen LogP contribution is 2.19. The minimum Gasteiger partial charge on any atom is -0.481 e. The average Bonchev–Trinajstić information content (AvgIpc) is 3.20. The number of nitrogens with zero attached hydrogens (tertiary/aromatic N) is 1. The zero-order chi connectivity index (χ0) is 24.6. The van der Waals surface area contributed by atoms with Crippen molar-refractivity contribution in [3.63, 3.8) is 0 Å². The van der Waals surface area contributed by atoms with Crippen molar-refractivity contribution in [2.45, 2.75) is 70.1 Å². The third-order valence-corrected chi connectivity index (χ3v) is 5.41. The van der Waals surface area contributed by atoms with E-state index in [-0.39, 0.29) is 18.9 Å². The van der Waals surface area contributed by atoms with Gasteiger partial charge in [-0.25, -0.2) is 4.79 Å². The molecule has 5 unspecified atom stereocenters. The Morgan fingerprint density at radius 2 is 1.62 bits per heavy atom. The highest BCUT2D eigenvalue weighted by Gasteiger charge is 2.39. The van der Waals surface area contributed by atoms with Gasteiger partial charge in [-0.1, -0.05) is 20.3 Å². The fraction of sp³-hybridized carbons (Fsp3) is 0.684. The minimum atomic E-state index is -1.58. The van der Waals surface area contributed by atoms with Crippen LogP contribution in [-0.2, 0) is 28.8 Å². The third-order valence-electron chi connectivity index (χ3n) is 5.41. The Morgan fingerprint density at radius 1 is 1.03 bits per heavy atom. The van der Waals surface area contributed by atoms with E-state index in [1.165, 1.54) is 0 Å². The zero-order valence-electron chi connectivity index (χ0n) is 18.1. The van der Waals surface area contributed by atoms with Gasteiger partial charge in [0.15, 0.2) is 0 Å². The van der Waals surface area contributed by atoms with Crippen molar-refractivity contribution in [2.75, 3.05) is 6.54 Å². The Kier molecular flexibility index (Phi) is 10.0. The van der Waals surface area contributed by atoms with E-state index >= 15 is 0 Å². The van der Waals surface area contributed by atoms with Crippen molar-refractivity contribution in [3.8, 4) is 0 Å². The van der Waals surface area contributed by atoms with Crippen LogP contribution in [0.25, 0.3) is 0 Å². The van der Waals surface area contributed by atoms with Crippen LogP contribution in [0.4, 0.5) is 0 Å². The number of carboxylic acid groups (broad SMARTS) is 2. The average molecular weight is 457 g/mol. The standard InChI is InChI=1S/C19H31N5O8/c1-3-9(2)15(21)17(29)22-10(8-14(26)27)16(28)23-11(7-13(20)25)18(30)24-6-4-5-12(24)19(31)32/h9-12,15H,3-8,21H2,1-2H3,(H2,20,25)(H,22,29)(H,23,28)(H,26,27)(H,31,32). The molecule has 1 fully saturated rings. The molecule has 0 spiro atoms. The Bertz CT molecular complexity index is 758. The third kappa shape index (κ3) is 7.48. The van der Waals surface area contributed by atoms with Crippen LogP contribution in [0.15, 0.2) is 0 Å². The summed E-state index contributed by atoms with van der Waals surface area (Å²) in [7, 11) is 0. The van der Waals surface area contributed by atoms with Gasteiger partial charge < -0.3 is 37.2 Å². The summed E-state index contributed by atoms with van der Waals surface area (Å²) in [5.41, 5.74) is 11.0. The molecule has 1 aliphatic rings. The molecule has 1 aliphatic heterocycles. The molecule has 0 aromatic carbocycles. The van der Waals surface area contributed by atoms with E-state index in [1.54, 1.807) is 6.92 Å². The quantitative estimate of drug-likeness (QED) is 0.186. The molecule has 32 heavy (non-hydrogen) atoms. The molecule has 13 nitrogen and oxygen atoms in total.